The zero-order valence-electron chi connectivity index (χ0n) is 16.6. The molecule has 0 unspecified atom stereocenters. The number of hydrogen-bond donors (Lipinski definition) is 0. The molecule has 0 N–H and O–H groups in total. The molecule has 2 aromatic carbocycles. The number of para-hydroxylation sites is 1. The number of Topliss-reactive ketones (excluding diaryl/α,β-unsaturated/α-hetero) is 1. The van der Waals surface area contributed by atoms with Gasteiger partial charge in [-0.1, -0.05) is 42.1 Å². The summed E-state index contributed by atoms with van der Waals surface area (Å²) in [6, 6.07) is 19.0. The molecule has 2 heterocycles. The van der Waals surface area contributed by atoms with Crippen molar-refractivity contribution in [3.05, 3.63) is 84.2 Å². The summed E-state index contributed by atoms with van der Waals surface area (Å²) < 4.78 is 7.21. The van der Waals surface area contributed by atoms with Crippen molar-refractivity contribution in [2.75, 3.05) is 12.9 Å². The van der Waals surface area contributed by atoms with Crippen LogP contribution in [0.15, 0.2) is 78.2 Å². The molecular formula is C23H20N4O2S. The number of carbonyl (C=O) groups excluding carboxylic acids is 1. The van der Waals surface area contributed by atoms with Crippen LogP contribution in [0.1, 0.15) is 15.9 Å². The Labute approximate surface area is 179 Å². The largest absolute Gasteiger partial charge is 0.497 e. The van der Waals surface area contributed by atoms with Gasteiger partial charge < -0.3 is 4.74 Å². The molecule has 7 heteroatoms. The van der Waals surface area contributed by atoms with Gasteiger partial charge >= 0.3 is 0 Å². The first kappa shape index (κ1) is 19.8. The Kier molecular flexibility index (Phi) is 5.90. The zero-order chi connectivity index (χ0) is 20.9. The van der Waals surface area contributed by atoms with E-state index in [1.54, 1.807) is 31.6 Å². The van der Waals surface area contributed by atoms with Gasteiger partial charge in [0.2, 0.25) is 0 Å². The Bertz CT molecular complexity index is 1170. The SMILES string of the molecule is COc1cccc(C(=O)CSc2nnc(-c3ccncc3)n2-c2ccccc2C)c1. The number of carbonyl (C=O) groups is 1. The molecule has 0 amide bonds. The van der Waals surface area contributed by atoms with Crippen LogP contribution < -0.4 is 4.74 Å². The number of pyridine rings is 1. The van der Waals surface area contributed by atoms with Gasteiger partial charge in [-0.3, -0.25) is 14.3 Å². The molecule has 0 fully saturated rings. The summed E-state index contributed by atoms with van der Waals surface area (Å²) in [5.74, 6) is 1.62. The maximum absolute atomic E-state index is 12.7. The van der Waals surface area contributed by atoms with E-state index in [0.717, 1.165) is 16.8 Å². The van der Waals surface area contributed by atoms with Crippen LogP contribution in [0.5, 0.6) is 5.75 Å². The van der Waals surface area contributed by atoms with E-state index in [9.17, 15) is 4.79 Å². The average Bonchev–Trinajstić information content (AvgIpc) is 3.22. The summed E-state index contributed by atoms with van der Waals surface area (Å²) in [5.41, 5.74) is 3.59. The fourth-order valence-electron chi connectivity index (χ4n) is 3.09. The number of hydrogen-bond acceptors (Lipinski definition) is 6. The smallest absolute Gasteiger partial charge is 0.196 e. The second kappa shape index (κ2) is 8.92. The van der Waals surface area contributed by atoms with Crippen LogP contribution in [-0.2, 0) is 0 Å². The molecule has 0 aliphatic heterocycles. The van der Waals surface area contributed by atoms with Gasteiger partial charge in [0.25, 0.3) is 0 Å². The molecule has 4 rings (SSSR count). The first-order valence-electron chi connectivity index (χ1n) is 9.39. The lowest BCUT2D eigenvalue weighted by molar-refractivity contribution is 0.102. The van der Waals surface area contributed by atoms with Crippen LogP contribution in [-0.4, -0.2) is 38.4 Å². The van der Waals surface area contributed by atoms with Gasteiger partial charge in [-0.05, 0) is 42.8 Å². The average molecular weight is 417 g/mol. The first-order valence-corrected chi connectivity index (χ1v) is 10.4. The van der Waals surface area contributed by atoms with Crippen molar-refractivity contribution in [3.63, 3.8) is 0 Å². The van der Waals surface area contributed by atoms with Crippen LogP contribution >= 0.6 is 11.8 Å². The predicted octanol–water partition coefficient (Wildman–Crippen LogP) is 4.62. The van der Waals surface area contributed by atoms with Crippen molar-refractivity contribution in [2.45, 2.75) is 12.1 Å². The number of methoxy groups -OCH3 is 1. The molecule has 4 aromatic rings. The standard InChI is InChI=1S/C23H20N4O2S/c1-16-6-3-4-9-20(16)27-22(17-10-12-24-13-11-17)25-26-23(27)30-15-21(28)18-7-5-8-19(14-18)29-2/h3-14H,15H2,1-2H3. The Morgan fingerprint density at radius 2 is 1.83 bits per heavy atom. The second-order valence-electron chi connectivity index (χ2n) is 6.61. The molecule has 150 valence electrons. The number of rotatable bonds is 7. The monoisotopic (exact) mass is 416 g/mol. The van der Waals surface area contributed by atoms with Crippen LogP contribution in [0.25, 0.3) is 17.1 Å². The van der Waals surface area contributed by atoms with Gasteiger partial charge in [0.1, 0.15) is 5.75 Å². The normalized spacial score (nSPS) is 10.7. The summed E-state index contributed by atoms with van der Waals surface area (Å²) in [6.45, 7) is 2.04. The van der Waals surface area contributed by atoms with E-state index in [2.05, 4.69) is 15.2 Å². The van der Waals surface area contributed by atoms with E-state index >= 15 is 0 Å². The van der Waals surface area contributed by atoms with Crippen molar-refractivity contribution in [1.82, 2.24) is 19.7 Å². The van der Waals surface area contributed by atoms with Gasteiger partial charge in [-0.2, -0.15) is 0 Å². The number of aromatic nitrogens is 4. The predicted molar refractivity (Wildman–Crippen MR) is 117 cm³/mol. The van der Waals surface area contributed by atoms with E-state index in [-0.39, 0.29) is 11.5 Å². The van der Waals surface area contributed by atoms with Crippen molar-refractivity contribution in [1.29, 1.82) is 0 Å². The van der Waals surface area contributed by atoms with Gasteiger partial charge in [0, 0.05) is 23.5 Å². The van der Waals surface area contributed by atoms with Crippen LogP contribution in [0.3, 0.4) is 0 Å². The molecule has 0 saturated heterocycles. The maximum atomic E-state index is 12.7. The Morgan fingerprint density at radius 1 is 1.03 bits per heavy atom. The molecule has 0 bridgehead atoms. The number of nitrogens with zero attached hydrogens (tertiary/aromatic N) is 4. The number of aryl methyl sites for hydroxylation is 1. The van der Waals surface area contributed by atoms with E-state index in [0.29, 0.717) is 22.3 Å². The zero-order valence-corrected chi connectivity index (χ0v) is 17.5. The van der Waals surface area contributed by atoms with Gasteiger partial charge in [0.15, 0.2) is 16.8 Å². The lowest BCUT2D eigenvalue weighted by atomic mass is 10.1. The number of ketones is 1. The highest BCUT2D eigenvalue weighted by Gasteiger charge is 2.19. The molecular weight excluding hydrogens is 396 g/mol. The van der Waals surface area contributed by atoms with E-state index in [4.69, 9.17) is 4.74 Å². The lowest BCUT2D eigenvalue weighted by Crippen LogP contribution is -2.06. The Morgan fingerprint density at radius 3 is 2.60 bits per heavy atom. The minimum atomic E-state index is 0.00342. The van der Waals surface area contributed by atoms with E-state index in [1.807, 2.05) is 60.0 Å². The van der Waals surface area contributed by atoms with E-state index in [1.165, 1.54) is 11.8 Å². The summed E-state index contributed by atoms with van der Waals surface area (Å²) in [7, 11) is 1.59. The molecule has 0 aliphatic rings. The highest BCUT2D eigenvalue weighted by Crippen LogP contribution is 2.29. The quantitative estimate of drug-likeness (QED) is 0.323. The minimum Gasteiger partial charge on any atom is -0.497 e. The van der Waals surface area contributed by atoms with E-state index < -0.39 is 0 Å². The highest BCUT2D eigenvalue weighted by molar-refractivity contribution is 7.99. The highest BCUT2D eigenvalue weighted by atomic mass is 32.2. The van der Waals surface area contributed by atoms with Crippen LogP contribution in [0.4, 0.5) is 0 Å². The van der Waals surface area contributed by atoms with Crippen LogP contribution in [0.2, 0.25) is 0 Å². The molecule has 0 spiro atoms. The molecule has 0 aliphatic carbocycles. The fourth-order valence-corrected chi connectivity index (χ4v) is 3.93. The molecule has 2 aromatic heterocycles. The van der Waals surface area contributed by atoms with Crippen molar-refractivity contribution >= 4 is 17.5 Å². The van der Waals surface area contributed by atoms with Crippen molar-refractivity contribution < 1.29 is 9.53 Å². The number of benzene rings is 2. The fraction of sp³-hybridized carbons (Fsp3) is 0.130. The topological polar surface area (TPSA) is 69.9 Å². The third kappa shape index (κ3) is 4.11. The second-order valence-corrected chi connectivity index (χ2v) is 7.55. The summed E-state index contributed by atoms with van der Waals surface area (Å²) in [6.07, 6.45) is 3.46. The van der Waals surface area contributed by atoms with Gasteiger partial charge in [0.05, 0.1) is 18.6 Å². The summed E-state index contributed by atoms with van der Waals surface area (Å²) in [4.78, 5) is 16.8. The Balaban J connectivity index is 1.67. The minimum absolute atomic E-state index is 0.00342. The lowest BCUT2D eigenvalue weighted by Gasteiger charge is -2.12. The summed E-state index contributed by atoms with van der Waals surface area (Å²) >= 11 is 1.37. The molecule has 30 heavy (non-hydrogen) atoms. The van der Waals surface area contributed by atoms with Crippen molar-refractivity contribution in [2.24, 2.45) is 0 Å². The molecule has 0 radical (unpaired) electrons. The van der Waals surface area contributed by atoms with Crippen LogP contribution in [0, 0.1) is 6.92 Å². The number of ether oxygens (including phenoxy) is 1. The molecule has 0 atom stereocenters. The Hall–Kier alpha value is -3.45. The third-order valence-electron chi connectivity index (χ3n) is 4.65. The number of thioether (sulfide) groups is 1. The van der Waals surface area contributed by atoms with Gasteiger partial charge in [-0.15, -0.1) is 10.2 Å². The third-order valence-corrected chi connectivity index (χ3v) is 5.58. The van der Waals surface area contributed by atoms with Crippen molar-refractivity contribution in [3.8, 4) is 22.8 Å². The molecule has 6 nitrogen and oxygen atoms in total. The molecule has 0 saturated carbocycles. The maximum Gasteiger partial charge on any atom is 0.196 e. The van der Waals surface area contributed by atoms with Gasteiger partial charge in [-0.25, -0.2) is 0 Å². The first-order chi connectivity index (χ1) is 14.7. The summed E-state index contributed by atoms with van der Waals surface area (Å²) in [5, 5.41) is 9.46.